The van der Waals surface area contributed by atoms with E-state index in [1.807, 2.05) is 0 Å². The third-order valence-electron chi connectivity index (χ3n) is 2.11. The molecule has 86 valence electrons. The summed E-state index contributed by atoms with van der Waals surface area (Å²) in [6.07, 6.45) is 0. The van der Waals surface area contributed by atoms with Gasteiger partial charge in [0.1, 0.15) is 0 Å². The highest BCUT2D eigenvalue weighted by Gasteiger charge is 2.08. The Kier molecular flexibility index (Phi) is 2.57. The first kappa shape index (κ1) is 10.8. The zero-order chi connectivity index (χ0) is 12.4. The Morgan fingerprint density at radius 1 is 1.35 bits per heavy atom. The zero-order valence-electron chi connectivity index (χ0n) is 8.58. The molecule has 7 nitrogen and oxygen atoms in total. The number of nitro benzene ring substituents is 1. The van der Waals surface area contributed by atoms with E-state index in [9.17, 15) is 14.9 Å². The predicted octanol–water partition coefficient (Wildman–Crippen LogP) is 0.927. The van der Waals surface area contributed by atoms with Crippen LogP contribution in [0, 0.1) is 10.1 Å². The maximum absolute atomic E-state index is 11.2. The van der Waals surface area contributed by atoms with Crippen LogP contribution in [0.4, 0.5) is 11.6 Å². The Bertz CT molecular complexity index is 635. The lowest BCUT2D eigenvalue weighted by Gasteiger charge is -2.01. The Morgan fingerprint density at radius 2 is 2.12 bits per heavy atom. The van der Waals surface area contributed by atoms with Gasteiger partial charge in [-0.15, -0.1) is 0 Å². The minimum absolute atomic E-state index is 0.0287. The Hall–Kier alpha value is -2.70. The number of aromatic nitrogens is 2. The van der Waals surface area contributed by atoms with Crippen LogP contribution in [0.1, 0.15) is 0 Å². The van der Waals surface area contributed by atoms with E-state index in [-0.39, 0.29) is 11.6 Å². The standard InChI is InChI=1S/C10H8N4O3/c11-10-12-8(5-9(15)13-10)6-2-1-3-7(4-6)14(16)17/h1-5H,(H3,11,12,13,15). The van der Waals surface area contributed by atoms with Gasteiger partial charge in [0.25, 0.3) is 11.2 Å². The van der Waals surface area contributed by atoms with Crippen LogP contribution in [0.2, 0.25) is 0 Å². The number of non-ortho nitro benzene ring substituents is 1. The molecule has 0 aliphatic rings. The van der Waals surface area contributed by atoms with Crippen molar-refractivity contribution >= 4 is 11.6 Å². The molecular weight excluding hydrogens is 224 g/mol. The highest BCUT2D eigenvalue weighted by Crippen LogP contribution is 2.21. The molecule has 0 spiro atoms. The predicted molar refractivity (Wildman–Crippen MR) is 61.4 cm³/mol. The van der Waals surface area contributed by atoms with E-state index in [0.717, 1.165) is 0 Å². The van der Waals surface area contributed by atoms with E-state index in [1.165, 1.54) is 24.3 Å². The summed E-state index contributed by atoms with van der Waals surface area (Å²) in [6.45, 7) is 0. The smallest absolute Gasteiger partial charge is 0.270 e. The summed E-state index contributed by atoms with van der Waals surface area (Å²) in [5.41, 5.74) is 5.69. The number of H-pyrrole nitrogens is 1. The summed E-state index contributed by atoms with van der Waals surface area (Å²) < 4.78 is 0. The van der Waals surface area contributed by atoms with Gasteiger partial charge in [0, 0.05) is 23.8 Å². The van der Waals surface area contributed by atoms with Gasteiger partial charge in [-0.3, -0.25) is 19.9 Å². The number of nitrogens with one attached hydrogen (secondary N) is 1. The van der Waals surface area contributed by atoms with Gasteiger partial charge in [-0.1, -0.05) is 12.1 Å². The first-order chi connectivity index (χ1) is 8.06. The summed E-state index contributed by atoms with van der Waals surface area (Å²) >= 11 is 0. The van der Waals surface area contributed by atoms with Crippen LogP contribution in [-0.2, 0) is 0 Å². The monoisotopic (exact) mass is 232 g/mol. The summed E-state index contributed by atoms with van der Waals surface area (Å²) in [5.74, 6) is -0.0287. The molecule has 0 aliphatic carbocycles. The van der Waals surface area contributed by atoms with E-state index < -0.39 is 10.5 Å². The molecule has 0 atom stereocenters. The zero-order valence-corrected chi connectivity index (χ0v) is 8.58. The topological polar surface area (TPSA) is 115 Å². The lowest BCUT2D eigenvalue weighted by molar-refractivity contribution is -0.384. The third-order valence-corrected chi connectivity index (χ3v) is 2.11. The largest absolute Gasteiger partial charge is 0.369 e. The molecule has 7 heteroatoms. The number of nitrogens with zero attached hydrogens (tertiary/aromatic N) is 2. The molecule has 1 heterocycles. The summed E-state index contributed by atoms with van der Waals surface area (Å²) in [4.78, 5) is 27.5. The van der Waals surface area contributed by atoms with Crippen LogP contribution in [0.5, 0.6) is 0 Å². The first-order valence-corrected chi connectivity index (χ1v) is 4.68. The molecule has 0 saturated heterocycles. The maximum Gasteiger partial charge on any atom is 0.270 e. The van der Waals surface area contributed by atoms with Gasteiger partial charge in [-0.2, -0.15) is 0 Å². The fraction of sp³-hybridized carbons (Fsp3) is 0. The quantitative estimate of drug-likeness (QED) is 0.590. The Balaban J connectivity index is 2.56. The van der Waals surface area contributed by atoms with Gasteiger partial charge in [0.2, 0.25) is 5.95 Å². The van der Waals surface area contributed by atoms with Crippen LogP contribution in [0.15, 0.2) is 35.1 Å². The minimum atomic E-state index is -0.514. The number of nitrogens with two attached hydrogens (primary N) is 1. The number of rotatable bonds is 2. The molecule has 0 fully saturated rings. The van der Waals surface area contributed by atoms with Crippen molar-refractivity contribution in [2.24, 2.45) is 0 Å². The second kappa shape index (κ2) is 4.05. The van der Waals surface area contributed by atoms with Crippen LogP contribution < -0.4 is 11.3 Å². The van der Waals surface area contributed by atoms with E-state index in [4.69, 9.17) is 5.73 Å². The van der Waals surface area contributed by atoms with Crippen molar-refractivity contribution in [3.05, 3.63) is 50.8 Å². The normalized spacial score (nSPS) is 10.1. The minimum Gasteiger partial charge on any atom is -0.369 e. The molecule has 2 aromatic rings. The average molecular weight is 232 g/mol. The Morgan fingerprint density at radius 3 is 2.76 bits per heavy atom. The number of benzene rings is 1. The van der Waals surface area contributed by atoms with Crippen LogP contribution >= 0.6 is 0 Å². The Labute approximate surface area is 95.1 Å². The van der Waals surface area contributed by atoms with E-state index in [1.54, 1.807) is 6.07 Å². The van der Waals surface area contributed by atoms with Gasteiger partial charge < -0.3 is 5.73 Å². The van der Waals surface area contributed by atoms with Gasteiger partial charge in [0.15, 0.2) is 0 Å². The molecule has 1 aromatic carbocycles. The molecule has 17 heavy (non-hydrogen) atoms. The molecular formula is C10H8N4O3. The number of anilines is 1. The molecule has 3 N–H and O–H groups in total. The van der Waals surface area contributed by atoms with Gasteiger partial charge in [-0.25, -0.2) is 4.98 Å². The lowest BCUT2D eigenvalue weighted by Crippen LogP contribution is -2.10. The number of nitrogen functional groups attached to an aromatic ring is 1. The highest BCUT2D eigenvalue weighted by molar-refractivity contribution is 5.62. The van der Waals surface area contributed by atoms with Crippen LogP contribution in [0.25, 0.3) is 11.3 Å². The van der Waals surface area contributed by atoms with Crippen molar-refractivity contribution < 1.29 is 4.92 Å². The average Bonchev–Trinajstić information content (AvgIpc) is 2.28. The number of nitro groups is 1. The number of aromatic amines is 1. The van der Waals surface area contributed by atoms with E-state index in [2.05, 4.69) is 9.97 Å². The van der Waals surface area contributed by atoms with Crippen molar-refractivity contribution in [2.45, 2.75) is 0 Å². The van der Waals surface area contributed by atoms with Gasteiger partial charge >= 0.3 is 0 Å². The molecule has 2 rings (SSSR count). The van der Waals surface area contributed by atoms with Gasteiger partial charge in [-0.05, 0) is 0 Å². The van der Waals surface area contributed by atoms with Crippen LogP contribution in [-0.4, -0.2) is 14.9 Å². The summed E-state index contributed by atoms with van der Waals surface area (Å²) in [7, 11) is 0. The fourth-order valence-electron chi connectivity index (χ4n) is 1.40. The second-order valence-corrected chi connectivity index (χ2v) is 3.32. The molecule has 1 aromatic heterocycles. The number of hydrogen-bond donors (Lipinski definition) is 2. The molecule has 0 aliphatic heterocycles. The van der Waals surface area contributed by atoms with Crippen molar-refractivity contribution in [1.82, 2.24) is 9.97 Å². The fourth-order valence-corrected chi connectivity index (χ4v) is 1.40. The van der Waals surface area contributed by atoms with Crippen LogP contribution in [0.3, 0.4) is 0 Å². The molecule has 0 unspecified atom stereocenters. The molecule has 0 bridgehead atoms. The summed E-state index contributed by atoms with van der Waals surface area (Å²) in [5, 5.41) is 10.6. The van der Waals surface area contributed by atoms with E-state index >= 15 is 0 Å². The number of hydrogen-bond acceptors (Lipinski definition) is 5. The first-order valence-electron chi connectivity index (χ1n) is 4.68. The molecule has 0 saturated carbocycles. The van der Waals surface area contributed by atoms with Crippen molar-refractivity contribution in [1.29, 1.82) is 0 Å². The lowest BCUT2D eigenvalue weighted by atomic mass is 10.1. The molecule has 0 radical (unpaired) electrons. The maximum atomic E-state index is 11.2. The van der Waals surface area contributed by atoms with Gasteiger partial charge in [0.05, 0.1) is 10.6 Å². The van der Waals surface area contributed by atoms with Crippen molar-refractivity contribution in [3.8, 4) is 11.3 Å². The van der Waals surface area contributed by atoms with Crippen molar-refractivity contribution in [3.63, 3.8) is 0 Å². The third kappa shape index (κ3) is 2.28. The SMILES string of the molecule is Nc1nc(-c2cccc([N+](=O)[O-])c2)cc(=O)[nH]1. The molecule has 0 amide bonds. The summed E-state index contributed by atoms with van der Waals surface area (Å²) in [6, 6.07) is 7.07. The highest BCUT2D eigenvalue weighted by atomic mass is 16.6. The second-order valence-electron chi connectivity index (χ2n) is 3.32. The van der Waals surface area contributed by atoms with E-state index in [0.29, 0.717) is 11.3 Å². The van der Waals surface area contributed by atoms with Crippen molar-refractivity contribution in [2.75, 3.05) is 5.73 Å².